The normalized spacial score (nSPS) is 43.2. The van der Waals surface area contributed by atoms with E-state index in [2.05, 4.69) is 19.6 Å². The van der Waals surface area contributed by atoms with Gasteiger partial charge in [0.2, 0.25) is 0 Å². The van der Waals surface area contributed by atoms with Crippen LogP contribution in [-0.4, -0.2) is 92.1 Å². The Hall–Kier alpha value is -0.160. The molecule has 0 aromatic rings. The van der Waals surface area contributed by atoms with Crippen LogP contribution in [0.1, 0.15) is 398 Å². The van der Waals surface area contributed by atoms with Gasteiger partial charge in [0, 0.05) is 72.5 Å². The van der Waals surface area contributed by atoms with E-state index >= 15 is 0 Å². The van der Waals surface area contributed by atoms with Crippen molar-refractivity contribution >= 4 is 0 Å². The molecular formula is C88H150N4. The van der Waals surface area contributed by atoms with Crippen LogP contribution in [0, 0.1) is 82.9 Å². The van der Waals surface area contributed by atoms with Gasteiger partial charge in [-0.3, -0.25) is 19.6 Å². The lowest BCUT2D eigenvalue weighted by Crippen LogP contribution is -2.72. The number of hydrogen-bond acceptors (Lipinski definition) is 4. The Morgan fingerprint density at radius 1 is 0.130 bits per heavy atom. The molecule has 16 fully saturated rings. The van der Waals surface area contributed by atoms with Crippen LogP contribution in [0.4, 0.5) is 0 Å². The minimum atomic E-state index is 0.843. The average Bonchev–Trinajstić information content (AvgIpc) is 0.704. The van der Waals surface area contributed by atoms with E-state index in [0.717, 1.165) is 155 Å². The quantitative estimate of drug-likeness (QED) is 0.153. The first-order valence-electron chi connectivity index (χ1n) is 44.8. The van der Waals surface area contributed by atoms with Crippen molar-refractivity contribution in [1.29, 1.82) is 0 Å². The molecule has 0 aromatic heterocycles. The lowest BCUT2D eigenvalue weighted by atomic mass is 9.44. The Morgan fingerprint density at radius 3 is 0.467 bits per heavy atom. The molecule has 16 rings (SSSR count). The second-order valence-electron chi connectivity index (χ2n) is 38.5. The van der Waals surface area contributed by atoms with Crippen molar-refractivity contribution in [3.8, 4) is 0 Å². The van der Waals surface area contributed by atoms with Crippen LogP contribution >= 0.6 is 0 Å². The Balaban J connectivity index is 0.802. The third-order valence-corrected chi connectivity index (χ3v) is 34.5. The van der Waals surface area contributed by atoms with Crippen molar-refractivity contribution in [2.75, 3.05) is 0 Å². The average molecular weight is 1260 g/mol. The van der Waals surface area contributed by atoms with E-state index in [9.17, 15) is 0 Å². The molecule has 0 radical (unpaired) electrons. The molecular weight excluding hydrogens is 1110 g/mol. The predicted octanol–water partition coefficient (Wildman–Crippen LogP) is 23.6. The van der Waals surface area contributed by atoms with Gasteiger partial charge in [-0.1, -0.05) is 205 Å². The van der Waals surface area contributed by atoms with Gasteiger partial charge in [-0.25, -0.2) is 0 Å². The lowest BCUT2D eigenvalue weighted by molar-refractivity contribution is -0.196. The van der Waals surface area contributed by atoms with E-state index in [4.69, 9.17) is 0 Å². The first kappa shape index (κ1) is 66.4. The Morgan fingerprint density at radius 2 is 0.283 bits per heavy atom. The van der Waals surface area contributed by atoms with Crippen LogP contribution in [0.25, 0.3) is 0 Å². The van der Waals surface area contributed by atoms with E-state index in [1.807, 2.05) is 0 Å². The van der Waals surface area contributed by atoms with Gasteiger partial charge in [-0.15, -0.1) is 0 Å². The summed E-state index contributed by atoms with van der Waals surface area (Å²) in [5.74, 6) is 14.2. The summed E-state index contributed by atoms with van der Waals surface area (Å²) in [6.45, 7) is 0. The Labute approximate surface area is 569 Å². The number of nitrogens with zero attached hydrogens (tertiary/aromatic N) is 4. The first-order valence-corrected chi connectivity index (χ1v) is 44.8. The Kier molecular flexibility index (Phi) is 22.9. The molecule has 0 bridgehead atoms. The van der Waals surface area contributed by atoms with Gasteiger partial charge in [0.25, 0.3) is 0 Å². The summed E-state index contributed by atoms with van der Waals surface area (Å²) in [6, 6.07) is 10.3. The van der Waals surface area contributed by atoms with Crippen molar-refractivity contribution in [3.63, 3.8) is 0 Å². The molecule has 10 atom stereocenters. The van der Waals surface area contributed by atoms with Crippen LogP contribution in [0.15, 0.2) is 0 Å². The first-order chi connectivity index (χ1) is 45.7. The zero-order chi connectivity index (χ0) is 61.2. The second kappa shape index (κ2) is 31.8. The molecule has 0 saturated heterocycles. The van der Waals surface area contributed by atoms with Crippen LogP contribution in [0.5, 0.6) is 0 Å². The fourth-order valence-electron chi connectivity index (χ4n) is 30.5. The molecule has 92 heavy (non-hydrogen) atoms. The van der Waals surface area contributed by atoms with Gasteiger partial charge >= 0.3 is 0 Å². The van der Waals surface area contributed by atoms with E-state index in [1.165, 1.54) is 205 Å². The van der Waals surface area contributed by atoms with Crippen LogP contribution in [-0.2, 0) is 0 Å². The zero-order valence-electron chi connectivity index (χ0n) is 60.6. The summed E-state index contributed by atoms with van der Waals surface area (Å²) in [5, 5.41) is 0. The monoisotopic (exact) mass is 1260 g/mol. The molecule has 522 valence electrons. The van der Waals surface area contributed by atoms with E-state index in [1.54, 1.807) is 193 Å². The molecule has 0 N–H and O–H groups in total. The largest absolute Gasteiger partial charge is 0.294 e. The molecule has 4 heteroatoms. The highest BCUT2D eigenvalue weighted by Gasteiger charge is 2.65. The summed E-state index contributed by atoms with van der Waals surface area (Å²) in [5.41, 5.74) is 0. The van der Waals surface area contributed by atoms with E-state index in [0.29, 0.717) is 0 Å². The van der Waals surface area contributed by atoms with Crippen molar-refractivity contribution < 1.29 is 0 Å². The molecule has 0 spiro atoms. The van der Waals surface area contributed by atoms with Crippen molar-refractivity contribution in [3.05, 3.63) is 0 Å². The minimum absolute atomic E-state index is 0.843. The van der Waals surface area contributed by atoms with Crippen LogP contribution in [0.2, 0.25) is 0 Å². The molecule has 0 amide bonds. The second-order valence-corrected chi connectivity index (χ2v) is 38.5. The SMILES string of the molecule is C1CCC(C2CCC(N(C3CCC(C4CCCCC4)CC3)C3CC(N(C4CCCCC4)C4CCCCC4)C4CCC5C6C(CCC3C46)C(N(C3CCCCC3)C3CCCCC3)CC5N(C3CCC(C4CCCCC4)CC3)C3CCC(C4CCCCC4)CC3)CC2)CC1. The topological polar surface area (TPSA) is 13.0 Å². The third-order valence-electron chi connectivity index (χ3n) is 34.5. The standard InChI is InChI=1S/C88H150N4/c1-9-25-63(26-10-1)67-41-49-75(50-42-67)91(76-51-43-68(44-52-76)64-27-11-2-12-28-64)85-61-83(89(71-33-17-5-18-34-71)72-35-19-6-20-36-72)79-58-60-82-86(62-84(80-57-59-81(85)87(79)88(80)82)90(73-37-21-7-22-38-73)74-39-23-8-24-40-74)92(77-53-45-69(46-54-77)65-29-13-3-14-30-65)78-55-47-70(48-56-78)66-31-15-4-16-32-66/h63-88H,1-62H2. The van der Waals surface area contributed by atoms with E-state index < -0.39 is 0 Å². The van der Waals surface area contributed by atoms with Crippen molar-refractivity contribution in [1.82, 2.24) is 19.6 Å². The van der Waals surface area contributed by atoms with Crippen LogP contribution in [0.3, 0.4) is 0 Å². The fourth-order valence-corrected chi connectivity index (χ4v) is 30.5. The molecule has 16 aliphatic rings. The highest BCUT2D eigenvalue weighted by molar-refractivity contribution is 5.17. The van der Waals surface area contributed by atoms with Gasteiger partial charge in [-0.2, -0.15) is 0 Å². The van der Waals surface area contributed by atoms with Gasteiger partial charge in [-0.05, 0) is 275 Å². The maximum Gasteiger partial charge on any atom is 0.0147 e. The van der Waals surface area contributed by atoms with Gasteiger partial charge in [0.15, 0.2) is 0 Å². The highest BCUT2D eigenvalue weighted by Crippen LogP contribution is 2.65. The predicted molar refractivity (Wildman–Crippen MR) is 388 cm³/mol. The zero-order valence-corrected chi connectivity index (χ0v) is 60.6. The minimum Gasteiger partial charge on any atom is -0.294 e. The lowest BCUT2D eigenvalue weighted by Gasteiger charge is -2.69. The molecule has 0 aromatic carbocycles. The number of rotatable bonds is 16. The summed E-state index contributed by atoms with van der Waals surface area (Å²) in [7, 11) is 0. The number of hydrogen-bond donors (Lipinski definition) is 0. The fraction of sp³-hybridized carbons (Fsp3) is 1.00. The summed E-state index contributed by atoms with van der Waals surface area (Å²) < 4.78 is 0. The third kappa shape index (κ3) is 14.4. The molecule has 4 nitrogen and oxygen atoms in total. The summed E-state index contributed by atoms with van der Waals surface area (Å²) >= 11 is 0. The molecule has 16 aliphatic carbocycles. The molecule has 0 heterocycles. The smallest absolute Gasteiger partial charge is 0.0147 e. The highest BCUT2D eigenvalue weighted by atomic mass is 15.3. The van der Waals surface area contributed by atoms with E-state index in [-0.39, 0.29) is 0 Å². The van der Waals surface area contributed by atoms with Crippen molar-refractivity contribution in [2.24, 2.45) is 82.9 Å². The maximum atomic E-state index is 3.71. The maximum absolute atomic E-state index is 3.71. The van der Waals surface area contributed by atoms with Gasteiger partial charge in [0.05, 0.1) is 0 Å². The van der Waals surface area contributed by atoms with Gasteiger partial charge in [0.1, 0.15) is 0 Å². The molecule has 10 unspecified atom stereocenters. The van der Waals surface area contributed by atoms with Gasteiger partial charge < -0.3 is 0 Å². The summed E-state index contributed by atoms with van der Waals surface area (Å²) in [6.07, 6.45) is 96.5. The molecule has 16 saturated carbocycles. The Bertz CT molecular complexity index is 1880. The summed E-state index contributed by atoms with van der Waals surface area (Å²) in [4.78, 5) is 14.7. The van der Waals surface area contributed by atoms with Crippen LogP contribution < -0.4 is 0 Å². The van der Waals surface area contributed by atoms with Crippen molar-refractivity contribution in [2.45, 2.75) is 471 Å². The molecule has 0 aliphatic heterocycles.